The minimum atomic E-state index is -0.353. The number of carbonyl (C=O) groups excluding carboxylic acids is 2. The van der Waals surface area contributed by atoms with Crippen LogP contribution in [0.5, 0.6) is 0 Å². The second kappa shape index (κ2) is 7.62. The van der Waals surface area contributed by atoms with Gasteiger partial charge in [-0.25, -0.2) is 0 Å². The second-order valence-corrected chi connectivity index (χ2v) is 6.91. The van der Waals surface area contributed by atoms with Gasteiger partial charge in [-0.05, 0) is 54.4 Å². The summed E-state index contributed by atoms with van der Waals surface area (Å²) in [5, 5.41) is 6.95. The van der Waals surface area contributed by atoms with Gasteiger partial charge >= 0.3 is 0 Å². The molecule has 0 fully saturated rings. The lowest BCUT2D eigenvalue weighted by Gasteiger charge is -2.08. The van der Waals surface area contributed by atoms with Gasteiger partial charge in [-0.1, -0.05) is 25.4 Å². The standard InChI is InChI=1S/C20H19ClN2O3/c1-12(2)9-19(24)22-15-4-6-16(7-5-15)23-20(25)18-11-13-10-14(21)3-8-17(13)26-18/h3-8,10-12H,9H2,1-2H3,(H,22,24)(H,23,25). The fourth-order valence-corrected chi connectivity index (χ4v) is 2.72. The molecule has 3 aromatic rings. The third kappa shape index (κ3) is 4.43. The molecule has 1 aromatic heterocycles. The number of benzene rings is 2. The normalized spacial score (nSPS) is 10.9. The molecule has 26 heavy (non-hydrogen) atoms. The molecule has 0 atom stereocenters. The molecule has 134 valence electrons. The third-order valence-corrected chi connectivity index (χ3v) is 3.96. The summed E-state index contributed by atoms with van der Waals surface area (Å²) >= 11 is 5.94. The molecule has 2 N–H and O–H groups in total. The number of carbonyl (C=O) groups is 2. The maximum atomic E-state index is 12.3. The van der Waals surface area contributed by atoms with Crippen molar-refractivity contribution in [2.75, 3.05) is 10.6 Å². The smallest absolute Gasteiger partial charge is 0.291 e. The minimum absolute atomic E-state index is 0.0299. The molecular weight excluding hydrogens is 352 g/mol. The summed E-state index contributed by atoms with van der Waals surface area (Å²) in [6.45, 7) is 3.98. The van der Waals surface area contributed by atoms with Gasteiger partial charge < -0.3 is 15.1 Å². The van der Waals surface area contributed by atoms with E-state index in [0.29, 0.717) is 34.3 Å². The molecule has 0 saturated carbocycles. The van der Waals surface area contributed by atoms with Gasteiger partial charge in [0.05, 0.1) is 0 Å². The molecule has 6 heteroatoms. The highest BCUT2D eigenvalue weighted by atomic mass is 35.5. The molecule has 5 nitrogen and oxygen atoms in total. The molecule has 0 saturated heterocycles. The van der Waals surface area contributed by atoms with Crippen molar-refractivity contribution >= 4 is 45.8 Å². The fourth-order valence-electron chi connectivity index (χ4n) is 2.54. The Morgan fingerprint density at radius 2 is 1.65 bits per heavy atom. The van der Waals surface area contributed by atoms with E-state index in [4.69, 9.17) is 16.0 Å². The average molecular weight is 371 g/mol. The summed E-state index contributed by atoms with van der Waals surface area (Å²) in [5.74, 6) is 0.121. The second-order valence-electron chi connectivity index (χ2n) is 6.47. The quantitative estimate of drug-likeness (QED) is 0.638. The van der Waals surface area contributed by atoms with Gasteiger partial charge in [-0.2, -0.15) is 0 Å². The topological polar surface area (TPSA) is 71.3 Å². The zero-order chi connectivity index (χ0) is 18.7. The van der Waals surface area contributed by atoms with E-state index in [2.05, 4.69) is 10.6 Å². The molecule has 0 radical (unpaired) electrons. The number of fused-ring (bicyclic) bond motifs is 1. The van der Waals surface area contributed by atoms with E-state index in [1.807, 2.05) is 13.8 Å². The summed E-state index contributed by atoms with van der Waals surface area (Å²) in [7, 11) is 0. The van der Waals surface area contributed by atoms with E-state index in [-0.39, 0.29) is 17.6 Å². The first-order chi connectivity index (χ1) is 12.4. The van der Waals surface area contributed by atoms with Crippen LogP contribution in [-0.2, 0) is 4.79 Å². The Morgan fingerprint density at radius 1 is 1.00 bits per heavy atom. The zero-order valence-electron chi connectivity index (χ0n) is 14.5. The maximum absolute atomic E-state index is 12.3. The van der Waals surface area contributed by atoms with Crippen LogP contribution < -0.4 is 10.6 Å². The molecule has 2 amide bonds. The van der Waals surface area contributed by atoms with Gasteiger partial charge in [0.25, 0.3) is 5.91 Å². The molecule has 0 aliphatic rings. The molecule has 2 aromatic carbocycles. The van der Waals surface area contributed by atoms with Crippen LogP contribution in [0, 0.1) is 5.92 Å². The SMILES string of the molecule is CC(C)CC(=O)Nc1ccc(NC(=O)c2cc3cc(Cl)ccc3o2)cc1. The van der Waals surface area contributed by atoms with Gasteiger partial charge in [0, 0.05) is 28.2 Å². The minimum Gasteiger partial charge on any atom is -0.451 e. The van der Waals surface area contributed by atoms with Crippen molar-refractivity contribution in [1.82, 2.24) is 0 Å². The first-order valence-corrected chi connectivity index (χ1v) is 8.69. The van der Waals surface area contributed by atoms with Gasteiger partial charge in [-0.15, -0.1) is 0 Å². The Bertz CT molecular complexity index is 945. The predicted octanol–water partition coefficient (Wildman–Crippen LogP) is 5.32. The largest absolute Gasteiger partial charge is 0.451 e. The summed E-state index contributed by atoms with van der Waals surface area (Å²) in [6.07, 6.45) is 0.467. The lowest BCUT2D eigenvalue weighted by atomic mass is 10.1. The van der Waals surface area contributed by atoms with Gasteiger partial charge in [-0.3, -0.25) is 9.59 Å². The number of furan rings is 1. The average Bonchev–Trinajstić information content (AvgIpc) is 2.99. The van der Waals surface area contributed by atoms with E-state index >= 15 is 0 Å². The Balaban J connectivity index is 1.66. The van der Waals surface area contributed by atoms with Crippen molar-refractivity contribution in [3.8, 4) is 0 Å². The Morgan fingerprint density at radius 3 is 2.31 bits per heavy atom. The highest BCUT2D eigenvalue weighted by Crippen LogP contribution is 2.24. The first kappa shape index (κ1) is 18.0. The van der Waals surface area contributed by atoms with Crippen LogP contribution >= 0.6 is 11.6 Å². The monoisotopic (exact) mass is 370 g/mol. The van der Waals surface area contributed by atoms with Crippen LogP contribution in [0.4, 0.5) is 11.4 Å². The maximum Gasteiger partial charge on any atom is 0.291 e. The molecule has 0 bridgehead atoms. The van der Waals surface area contributed by atoms with Crippen molar-refractivity contribution in [2.45, 2.75) is 20.3 Å². The third-order valence-electron chi connectivity index (χ3n) is 3.72. The molecule has 1 heterocycles. The highest BCUT2D eigenvalue weighted by Gasteiger charge is 2.13. The number of nitrogens with one attached hydrogen (secondary N) is 2. The summed E-state index contributed by atoms with van der Waals surface area (Å²) < 4.78 is 5.54. The van der Waals surface area contributed by atoms with E-state index in [1.54, 1.807) is 48.5 Å². The number of halogens is 1. The Hall–Kier alpha value is -2.79. The zero-order valence-corrected chi connectivity index (χ0v) is 15.3. The van der Waals surface area contributed by atoms with Crippen molar-refractivity contribution in [2.24, 2.45) is 5.92 Å². The predicted molar refractivity (Wildman–Crippen MR) is 104 cm³/mol. The molecule has 3 rings (SSSR count). The molecular formula is C20H19ClN2O3. The summed E-state index contributed by atoms with van der Waals surface area (Å²) in [5.41, 5.74) is 1.89. The van der Waals surface area contributed by atoms with E-state index < -0.39 is 0 Å². The number of hydrogen-bond acceptors (Lipinski definition) is 3. The van der Waals surface area contributed by atoms with Crippen molar-refractivity contribution in [1.29, 1.82) is 0 Å². The van der Waals surface area contributed by atoms with Crippen LogP contribution in [0.1, 0.15) is 30.8 Å². The lowest BCUT2D eigenvalue weighted by Crippen LogP contribution is -2.14. The van der Waals surface area contributed by atoms with Crippen LogP contribution in [0.3, 0.4) is 0 Å². The molecule has 0 aliphatic carbocycles. The summed E-state index contributed by atoms with van der Waals surface area (Å²) in [6, 6.07) is 13.8. The molecule has 0 spiro atoms. The van der Waals surface area contributed by atoms with Crippen molar-refractivity contribution < 1.29 is 14.0 Å². The van der Waals surface area contributed by atoms with Crippen molar-refractivity contribution in [3.05, 3.63) is 59.3 Å². The number of anilines is 2. The molecule has 0 aliphatic heterocycles. The van der Waals surface area contributed by atoms with E-state index in [0.717, 1.165) is 5.39 Å². The lowest BCUT2D eigenvalue weighted by molar-refractivity contribution is -0.116. The number of hydrogen-bond donors (Lipinski definition) is 2. The number of rotatable bonds is 5. The van der Waals surface area contributed by atoms with E-state index in [9.17, 15) is 9.59 Å². The van der Waals surface area contributed by atoms with Crippen LogP contribution in [0.25, 0.3) is 11.0 Å². The van der Waals surface area contributed by atoms with Gasteiger partial charge in [0.2, 0.25) is 5.91 Å². The van der Waals surface area contributed by atoms with Gasteiger partial charge in [0.15, 0.2) is 5.76 Å². The van der Waals surface area contributed by atoms with Crippen LogP contribution in [-0.4, -0.2) is 11.8 Å². The number of amides is 2. The van der Waals surface area contributed by atoms with Gasteiger partial charge in [0.1, 0.15) is 5.58 Å². The van der Waals surface area contributed by atoms with Crippen molar-refractivity contribution in [3.63, 3.8) is 0 Å². The first-order valence-electron chi connectivity index (χ1n) is 8.31. The van der Waals surface area contributed by atoms with E-state index in [1.165, 1.54) is 0 Å². The Labute approximate surface area is 156 Å². The molecule has 0 unspecified atom stereocenters. The van der Waals surface area contributed by atoms with Crippen LogP contribution in [0.2, 0.25) is 5.02 Å². The summed E-state index contributed by atoms with van der Waals surface area (Å²) in [4.78, 5) is 24.1. The van der Waals surface area contributed by atoms with Crippen LogP contribution in [0.15, 0.2) is 52.9 Å². The fraction of sp³-hybridized carbons (Fsp3) is 0.200. The highest BCUT2D eigenvalue weighted by molar-refractivity contribution is 6.31. The Kier molecular flexibility index (Phi) is 5.28.